The fraction of sp³-hybridized carbons (Fsp3) is 0.385. The van der Waals surface area contributed by atoms with Crippen LogP contribution in [0.2, 0.25) is 0 Å². The highest BCUT2D eigenvalue weighted by Crippen LogP contribution is 2.02. The lowest BCUT2D eigenvalue weighted by atomic mass is 10.2. The number of hydrogen-bond donors (Lipinski definition) is 0. The fourth-order valence-corrected chi connectivity index (χ4v) is 1.26. The molecule has 0 spiro atoms. The van der Waals surface area contributed by atoms with Crippen LogP contribution in [-0.2, 0) is 11.3 Å². The van der Waals surface area contributed by atoms with E-state index in [1.54, 1.807) is 0 Å². The molecule has 0 bridgehead atoms. The van der Waals surface area contributed by atoms with Crippen molar-refractivity contribution in [3.63, 3.8) is 0 Å². The molecule has 0 fully saturated rings. The van der Waals surface area contributed by atoms with E-state index in [1.807, 2.05) is 24.3 Å². The first-order valence-corrected chi connectivity index (χ1v) is 5.16. The first kappa shape index (κ1) is 11.0. The molecular formula is C13H18O. The number of hydrogen-bond acceptors (Lipinski definition) is 1. The lowest BCUT2D eigenvalue weighted by Crippen LogP contribution is -1.94. The van der Waals surface area contributed by atoms with Crippen molar-refractivity contribution in [2.24, 2.45) is 0 Å². The molecule has 0 unspecified atom stereocenters. The second-order valence-corrected chi connectivity index (χ2v) is 3.32. The third-order valence-electron chi connectivity index (χ3n) is 2.06. The molecule has 0 heterocycles. The molecule has 1 aromatic rings. The van der Waals surface area contributed by atoms with Crippen LogP contribution in [-0.4, -0.2) is 6.61 Å². The van der Waals surface area contributed by atoms with Crippen LogP contribution in [0.5, 0.6) is 0 Å². The maximum absolute atomic E-state index is 5.53. The average molecular weight is 190 g/mol. The predicted octanol–water partition coefficient (Wildman–Crippen LogP) is 3.56. The second-order valence-electron chi connectivity index (χ2n) is 3.32. The van der Waals surface area contributed by atoms with Crippen LogP contribution in [0.3, 0.4) is 0 Å². The van der Waals surface area contributed by atoms with Gasteiger partial charge in [0, 0.05) is 6.61 Å². The lowest BCUT2D eigenvalue weighted by molar-refractivity contribution is 0.117. The summed E-state index contributed by atoms with van der Waals surface area (Å²) in [6.45, 7) is 5.27. The third-order valence-corrected chi connectivity index (χ3v) is 2.06. The van der Waals surface area contributed by atoms with Crippen molar-refractivity contribution in [2.75, 3.05) is 6.61 Å². The zero-order chi connectivity index (χ0) is 10.1. The Labute approximate surface area is 86.4 Å². The monoisotopic (exact) mass is 190 g/mol. The van der Waals surface area contributed by atoms with Gasteiger partial charge >= 0.3 is 0 Å². The summed E-state index contributed by atoms with van der Waals surface area (Å²) in [5, 5.41) is 0. The molecule has 0 aliphatic rings. The highest BCUT2D eigenvalue weighted by Gasteiger charge is 1.91. The maximum Gasteiger partial charge on any atom is 0.0716 e. The Morgan fingerprint density at radius 3 is 2.64 bits per heavy atom. The third kappa shape index (κ3) is 4.83. The van der Waals surface area contributed by atoms with E-state index in [9.17, 15) is 0 Å². The standard InChI is InChI=1S/C13H18O/c1-2-3-4-8-11-14-12-13-9-6-5-7-10-13/h2,5-7,9-10H,1,3-4,8,11-12H2. The van der Waals surface area contributed by atoms with E-state index >= 15 is 0 Å². The SMILES string of the molecule is C=CCCCCOCc1ccccc1. The van der Waals surface area contributed by atoms with Crippen molar-refractivity contribution >= 4 is 0 Å². The van der Waals surface area contributed by atoms with Gasteiger partial charge in [-0.3, -0.25) is 0 Å². The van der Waals surface area contributed by atoms with Crippen molar-refractivity contribution in [1.82, 2.24) is 0 Å². The lowest BCUT2D eigenvalue weighted by Gasteiger charge is -2.03. The van der Waals surface area contributed by atoms with E-state index < -0.39 is 0 Å². The Kier molecular flexibility index (Phi) is 5.76. The van der Waals surface area contributed by atoms with E-state index in [0.29, 0.717) is 0 Å². The first-order valence-electron chi connectivity index (χ1n) is 5.16. The normalized spacial score (nSPS) is 10.0. The largest absolute Gasteiger partial charge is 0.377 e. The molecule has 14 heavy (non-hydrogen) atoms. The van der Waals surface area contributed by atoms with Gasteiger partial charge in [-0.15, -0.1) is 6.58 Å². The van der Waals surface area contributed by atoms with E-state index in [-0.39, 0.29) is 0 Å². The highest BCUT2D eigenvalue weighted by atomic mass is 16.5. The Morgan fingerprint density at radius 2 is 1.93 bits per heavy atom. The van der Waals surface area contributed by atoms with Gasteiger partial charge in [0.25, 0.3) is 0 Å². The molecule has 0 saturated heterocycles. The van der Waals surface area contributed by atoms with Crippen LogP contribution in [0.15, 0.2) is 43.0 Å². The van der Waals surface area contributed by atoms with Crippen LogP contribution in [0.4, 0.5) is 0 Å². The molecule has 0 saturated carbocycles. The maximum atomic E-state index is 5.53. The van der Waals surface area contributed by atoms with Crippen LogP contribution in [0.25, 0.3) is 0 Å². The number of unbranched alkanes of at least 4 members (excludes halogenated alkanes) is 2. The molecule has 0 radical (unpaired) electrons. The van der Waals surface area contributed by atoms with Gasteiger partial charge in [-0.25, -0.2) is 0 Å². The molecule has 1 nitrogen and oxygen atoms in total. The smallest absolute Gasteiger partial charge is 0.0716 e. The van der Waals surface area contributed by atoms with Crippen LogP contribution >= 0.6 is 0 Å². The quantitative estimate of drug-likeness (QED) is 0.472. The Morgan fingerprint density at radius 1 is 1.14 bits per heavy atom. The zero-order valence-corrected chi connectivity index (χ0v) is 8.61. The minimum Gasteiger partial charge on any atom is -0.377 e. The molecule has 0 amide bonds. The van der Waals surface area contributed by atoms with Crippen LogP contribution < -0.4 is 0 Å². The molecule has 76 valence electrons. The summed E-state index contributed by atoms with van der Waals surface area (Å²) in [4.78, 5) is 0. The second kappa shape index (κ2) is 7.34. The van der Waals surface area contributed by atoms with Gasteiger partial charge in [-0.05, 0) is 24.8 Å². The fourth-order valence-electron chi connectivity index (χ4n) is 1.26. The highest BCUT2D eigenvalue weighted by molar-refractivity contribution is 5.13. The summed E-state index contributed by atoms with van der Waals surface area (Å²) in [6.07, 6.45) is 5.35. The Bertz CT molecular complexity index is 241. The molecule has 1 rings (SSSR count). The molecule has 1 aromatic carbocycles. The van der Waals surface area contributed by atoms with Crippen molar-refractivity contribution in [1.29, 1.82) is 0 Å². The van der Waals surface area contributed by atoms with E-state index in [2.05, 4.69) is 18.7 Å². The van der Waals surface area contributed by atoms with Gasteiger partial charge in [0.05, 0.1) is 6.61 Å². The molecule has 0 aliphatic heterocycles. The van der Waals surface area contributed by atoms with Gasteiger partial charge < -0.3 is 4.74 Å². The summed E-state index contributed by atoms with van der Waals surface area (Å²) < 4.78 is 5.53. The first-order chi connectivity index (χ1) is 6.93. The van der Waals surface area contributed by atoms with Gasteiger partial charge in [0.15, 0.2) is 0 Å². The van der Waals surface area contributed by atoms with Crippen molar-refractivity contribution in [3.05, 3.63) is 48.6 Å². The van der Waals surface area contributed by atoms with E-state index in [4.69, 9.17) is 4.74 Å². The molecular weight excluding hydrogens is 172 g/mol. The molecule has 0 aromatic heterocycles. The minimum atomic E-state index is 0.731. The zero-order valence-electron chi connectivity index (χ0n) is 8.61. The number of benzene rings is 1. The van der Waals surface area contributed by atoms with Gasteiger partial charge in [0.2, 0.25) is 0 Å². The number of allylic oxidation sites excluding steroid dienone is 1. The molecule has 0 N–H and O–H groups in total. The average Bonchev–Trinajstić information content (AvgIpc) is 2.25. The van der Waals surface area contributed by atoms with Crippen LogP contribution in [0, 0.1) is 0 Å². The van der Waals surface area contributed by atoms with Crippen molar-refractivity contribution in [2.45, 2.75) is 25.9 Å². The Hall–Kier alpha value is -1.08. The number of rotatable bonds is 7. The van der Waals surface area contributed by atoms with E-state index in [0.717, 1.165) is 26.1 Å². The summed E-state index contributed by atoms with van der Waals surface area (Å²) in [5.41, 5.74) is 1.25. The van der Waals surface area contributed by atoms with E-state index in [1.165, 1.54) is 12.0 Å². The summed E-state index contributed by atoms with van der Waals surface area (Å²) in [7, 11) is 0. The topological polar surface area (TPSA) is 9.23 Å². The van der Waals surface area contributed by atoms with Crippen LogP contribution in [0.1, 0.15) is 24.8 Å². The predicted molar refractivity (Wildman–Crippen MR) is 60.1 cm³/mol. The molecule has 1 heteroatoms. The summed E-state index contributed by atoms with van der Waals surface area (Å²) >= 11 is 0. The Balaban J connectivity index is 2.02. The molecule has 0 aliphatic carbocycles. The summed E-state index contributed by atoms with van der Waals surface area (Å²) in [5.74, 6) is 0. The van der Waals surface area contributed by atoms with Crippen molar-refractivity contribution < 1.29 is 4.74 Å². The van der Waals surface area contributed by atoms with Crippen molar-refractivity contribution in [3.8, 4) is 0 Å². The van der Waals surface area contributed by atoms with Gasteiger partial charge in [-0.1, -0.05) is 36.4 Å². The summed E-state index contributed by atoms with van der Waals surface area (Å²) in [6, 6.07) is 10.3. The minimum absolute atomic E-state index is 0.731. The molecule has 0 atom stereocenters. The van der Waals surface area contributed by atoms with Gasteiger partial charge in [0.1, 0.15) is 0 Å². The number of ether oxygens (including phenoxy) is 1. The van der Waals surface area contributed by atoms with Gasteiger partial charge in [-0.2, -0.15) is 0 Å².